The highest BCUT2D eigenvalue weighted by Gasteiger charge is 2.40. The fourth-order valence-electron chi connectivity index (χ4n) is 4.23. The zero-order chi connectivity index (χ0) is 24.5. The first kappa shape index (κ1) is 24.5. The quantitative estimate of drug-likeness (QED) is 0.626. The minimum absolute atomic E-state index is 0.0178. The second kappa shape index (κ2) is 9.53. The van der Waals surface area contributed by atoms with Crippen LogP contribution in [0.3, 0.4) is 0 Å². The molecule has 2 unspecified atom stereocenters. The van der Waals surface area contributed by atoms with Crippen LogP contribution in [0.15, 0.2) is 45.8 Å². The zero-order valence-electron chi connectivity index (χ0n) is 19.0. The zero-order valence-corrected chi connectivity index (χ0v) is 19.9. The van der Waals surface area contributed by atoms with E-state index in [1.807, 2.05) is 6.07 Å². The van der Waals surface area contributed by atoms with Crippen LogP contribution in [0.4, 0.5) is 19.0 Å². The topological polar surface area (TPSA) is 75.1 Å². The first-order valence-corrected chi connectivity index (χ1v) is 12.9. The molecule has 0 saturated carbocycles. The molecule has 1 aromatic carbocycles. The lowest BCUT2D eigenvalue weighted by Crippen LogP contribution is -2.47. The number of carbonyl (C=O) groups is 1. The monoisotopic (exact) mass is 496 g/mol. The lowest BCUT2D eigenvalue weighted by atomic mass is 10.0. The minimum atomic E-state index is -5.16. The maximum Gasteiger partial charge on any atom is 0.474 e. The van der Waals surface area contributed by atoms with Crippen molar-refractivity contribution in [2.45, 2.75) is 37.4 Å². The maximum atomic E-state index is 12.9. The number of piperazine rings is 1. The van der Waals surface area contributed by atoms with E-state index < -0.39 is 21.8 Å². The van der Waals surface area contributed by atoms with Crippen molar-refractivity contribution in [1.29, 1.82) is 0 Å². The van der Waals surface area contributed by atoms with E-state index in [9.17, 15) is 22.2 Å². The summed E-state index contributed by atoms with van der Waals surface area (Å²) in [6.07, 6.45) is -2.96. The molecule has 34 heavy (non-hydrogen) atoms. The van der Waals surface area contributed by atoms with Crippen molar-refractivity contribution in [3.05, 3.63) is 47.7 Å². The number of amides is 1. The van der Waals surface area contributed by atoms with Gasteiger partial charge in [-0.15, -0.1) is 4.36 Å². The molecule has 2 aliphatic rings. The molecular weight excluding hydrogens is 469 g/mol. The van der Waals surface area contributed by atoms with Crippen LogP contribution in [0.25, 0.3) is 0 Å². The van der Waals surface area contributed by atoms with Gasteiger partial charge in [-0.1, -0.05) is 19.1 Å². The smallest absolute Gasteiger partial charge is 0.474 e. The van der Waals surface area contributed by atoms with Crippen LogP contribution in [-0.2, 0) is 20.9 Å². The van der Waals surface area contributed by atoms with Gasteiger partial charge in [0.2, 0.25) is 0 Å². The highest BCUT2D eigenvalue weighted by Crippen LogP contribution is 2.31. The molecule has 1 amide bonds. The molecule has 2 aliphatic heterocycles. The van der Waals surface area contributed by atoms with Crippen molar-refractivity contribution in [2.24, 2.45) is 4.36 Å². The molecule has 4 rings (SSSR count). The van der Waals surface area contributed by atoms with Crippen molar-refractivity contribution in [2.75, 3.05) is 43.4 Å². The Labute approximate surface area is 197 Å². The van der Waals surface area contributed by atoms with Crippen LogP contribution in [0, 0.1) is 0 Å². The Morgan fingerprint density at radius 3 is 2.56 bits per heavy atom. The van der Waals surface area contributed by atoms with Crippen LogP contribution < -0.4 is 9.64 Å². The van der Waals surface area contributed by atoms with Crippen molar-refractivity contribution >= 4 is 21.5 Å². The lowest BCUT2D eigenvalue weighted by Gasteiger charge is -2.38. The number of alkyl halides is 3. The number of halogens is 3. The van der Waals surface area contributed by atoms with Crippen molar-refractivity contribution in [1.82, 2.24) is 9.88 Å². The summed E-state index contributed by atoms with van der Waals surface area (Å²) in [6.45, 7) is 7.44. The van der Waals surface area contributed by atoms with Gasteiger partial charge in [-0.3, -0.25) is 9.69 Å². The number of anilines is 1. The molecule has 1 saturated heterocycles. The molecule has 0 radical (unpaired) electrons. The first-order chi connectivity index (χ1) is 16.1. The van der Waals surface area contributed by atoms with Gasteiger partial charge in [-0.2, -0.15) is 13.2 Å². The standard InChI is InChI=1S/C23H27F3N4O3S/c1-3-34(32,28-22(31)23(24,25)26)19-5-7-21(27-15-19)30-11-9-29(10-12-30)16(2)17-4-6-20-18(14-17)8-13-33-20/h4-7,14-16H,3,8-13H2,1-2H3. The molecule has 0 aliphatic carbocycles. The number of nitrogens with zero attached hydrogens (tertiary/aromatic N) is 4. The van der Waals surface area contributed by atoms with Crippen molar-refractivity contribution in [3.8, 4) is 5.75 Å². The summed E-state index contributed by atoms with van der Waals surface area (Å²) in [7, 11) is -3.53. The number of benzene rings is 1. The molecule has 1 aromatic heterocycles. The molecule has 0 spiro atoms. The van der Waals surface area contributed by atoms with Gasteiger partial charge in [0.15, 0.2) is 0 Å². The normalized spacial score (nSPS) is 19.1. The van der Waals surface area contributed by atoms with Gasteiger partial charge in [-0.25, -0.2) is 9.19 Å². The van der Waals surface area contributed by atoms with Crippen LogP contribution in [0.5, 0.6) is 5.75 Å². The van der Waals surface area contributed by atoms with Gasteiger partial charge >= 0.3 is 12.1 Å². The second-order valence-corrected chi connectivity index (χ2v) is 10.9. The number of hydrogen-bond acceptors (Lipinski definition) is 6. The van der Waals surface area contributed by atoms with E-state index >= 15 is 0 Å². The summed E-state index contributed by atoms with van der Waals surface area (Å²) in [5.74, 6) is -0.950. The number of fused-ring (bicyclic) bond motifs is 1. The van der Waals surface area contributed by atoms with E-state index in [2.05, 4.69) is 38.2 Å². The molecule has 0 bridgehead atoms. The van der Waals surface area contributed by atoms with E-state index in [1.165, 1.54) is 30.3 Å². The predicted molar refractivity (Wildman–Crippen MR) is 123 cm³/mol. The Balaban J connectivity index is 1.41. The van der Waals surface area contributed by atoms with E-state index in [0.717, 1.165) is 45.0 Å². The second-order valence-electron chi connectivity index (χ2n) is 8.34. The van der Waals surface area contributed by atoms with Gasteiger partial charge in [0.1, 0.15) is 11.6 Å². The Bertz CT molecular complexity index is 1170. The van der Waals surface area contributed by atoms with Gasteiger partial charge < -0.3 is 9.64 Å². The molecule has 1 fully saturated rings. The fourth-order valence-corrected chi connectivity index (χ4v) is 5.67. The van der Waals surface area contributed by atoms with E-state index in [-0.39, 0.29) is 16.7 Å². The summed E-state index contributed by atoms with van der Waals surface area (Å²) in [4.78, 5) is 20.1. The summed E-state index contributed by atoms with van der Waals surface area (Å²) >= 11 is 0. The summed E-state index contributed by atoms with van der Waals surface area (Å²) in [6, 6.07) is 9.70. The van der Waals surface area contributed by atoms with Crippen molar-refractivity contribution in [3.63, 3.8) is 0 Å². The average molecular weight is 497 g/mol. The molecule has 7 nitrogen and oxygen atoms in total. The third kappa shape index (κ3) is 5.05. The van der Waals surface area contributed by atoms with Gasteiger partial charge in [-0.05, 0) is 36.2 Å². The number of ether oxygens (including phenoxy) is 1. The Morgan fingerprint density at radius 2 is 1.94 bits per heavy atom. The number of rotatable bonds is 5. The van der Waals surface area contributed by atoms with Gasteiger partial charge in [0.05, 0.1) is 21.2 Å². The largest absolute Gasteiger partial charge is 0.493 e. The molecule has 0 N–H and O–H groups in total. The number of pyridine rings is 1. The molecular formula is C23H27F3N4O3S. The first-order valence-electron chi connectivity index (χ1n) is 11.2. The molecule has 3 heterocycles. The summed E-state index contributed by atoms with van der Waals surface area (Å²) < 4.78 is 59.2. The molecule has 2 aromatic rings. The molecule has 184 valence electrons. The Kier molecular flexibility index (Phi) is 6.86. The summed E-state index contributed by atoms with van der Waals surface area (Å²) in [5, 5.41) is 0. The SMILES string of the molecule is CCS(=O)(=NC(=O)C(F)(F)F)c1ccc(N2CCN(C(C)c3ccc4c(c3)CCO4)CC2)nc1. The number of carbonyl (C=O) groups excluding carboxylic acids is 1. The maximum absolute atomic E-state index is 12.9. The summed E-state index contributed by atoms with van der Waals surface area (Å²) in [5.41, 5.74) is 2.51. The van der Waals surface area contributed by atoms with Gasteiger partial charge in [0, 0.05) is 50.6 Å². The van der Waals surface area contributed by atoms with E-state index in [0.29, 0.717) is 5.82 Å². The van der Waals surface area contributed by atoms with E-state index in [4.69, 9.17) is 4.74 Å². The van der Waals surface area contributed by atoms with Crippen LogP contribution in [0.2, 0.25) is 0 Å². The highest BCUT2D eigenvalue weighted by molar-refractivity contribution is 7.93. The lowest BCUT2D eigenvalue weighted by molar-refractivity contribution is -0.169. The van der Waals surface area contributed by atoms with Crippen LogP contribution in [-0.4, -0.2) is 64.7 Å². The molecule has 11 heteroatoms. The van der Waals surface area contributed by atoms with Gasteiger partial charge in [0.25, 0.3) is 0 Å². The Morgan fingerprint density at radius 1 is 1.21 bits per heavy atom. The Hall–Kier alpha value is -2.66. The minimum Gasteiger partial charge on any atom is -0.493 e. The number of hydrogen-bond donors (Lipinski definition) is 0. The fraction of sp³-hybridized carbons (Fsp3) is 0.478. The van der Waals surface area contributed by atoms with Crippen LogP contribution in [0.1, 0.15) is 31.0 Å². The number of aromatic nitrogens is 1. The average Bonchev–Trinajstić information content (AvgIpc) is 3.31. The highest BCUT2D eigenvalue weighted by atomic mass is 32.2. The predicted octanol–water partition coefficient (Wildman–Crippen LogP) is 3.84. The van der Waals surface area contributed by atoms with Crippen molar-refractivity contribution < 1.29 is 26.9 Å². The van der Waals surface area contributed by atoms with E-state index in [1.54, 1.807) is 6.07 Å². The van der Waals surface area contributed by atoms with Crippen LogP contribution >= 0.6 is 0 Å². The third-order valence-corrected chi connectivity index (χ3v) is 8.56. The third-order valence-electron chi connectivity index (χ3n) is 6.34. The molecule has 2 atom stereocenters.